The molecule has 0 unspecified atom stereocenters. The monoisotopic (exact) mass is 340 g/mol. The number of hydrogen-bond acceptors (Lipinski definition) is 5. The second kappa shape index (κ2) is 7.27. The highest BCUT2D eigenvalue weighted by Crippen LogP contribution is 2.19. The van der Waals surface area contributed by atoms with Crippen molar-refractivity contribution in [2.24, 2.45) is 0 Å². The Kier molecular flexibility index (Phi) is 5.59. The van der Waals surface area contributed by atoms with Gasteiger partial charge in [0.25, 0.3) is 5.91 Å². The minimum atomic E-state index is -3.22. The molecule has 1 fully saturated rings. The largest absolute Gasteiger partial charge is 0.368 e. The standard InChI is InChI=1S/C15H24N4O3S/c1-11(2)18-14-7-6-12(9-16-14)15(20)17-10-13-5-4-8-19(13)23(3,21)22/h6-7,9,11,13H,4-5,8,10H2,1-3H3,(H,16,18)(H,17,20)/t13-/m1/s1. The van der Waals surface area contributed by atoms with E-state index in [-0.39, 0.29) is 18.0 Å². The second-order valence-electron chi connectivity index (χ2n) is 6.11. The van der Waals surface area contributed by atoms with Crippen molar-refractivity contribution in [1.29, 1.82) is 0 Å². The number of nitrogens with zero attached hydrogens (tertiary/aromatic N) is 2. The van der Waals surface area contributed by atoms with Crippen LogP contribution in [0.4, 0.5) is 5.82 Å². The van der Waals surface area contributed by atoms with E-state index in [9.17, 15) is 13.2 Å². The highest BCUT2D eigenvalue weighted by Gasteiger charge is 2.31. The first-order valence-electron chi connectivity index (χ1n) is 7.75. The average Bonchev–Trinajstić information content (AvgIpc) is 2.93. The third-order valence-electron chi connectivity index (χ3n) is 3.71. The van der Waals surface area contributed by atoms with Gasteiger partial charge in [-0.3, -0.25) is 4.79 Å². The molecule has 23 heavy (non-hydrogen) atoms. The lowest BCUT2D eigenvalue weighted by molar-refractivity contribution is 0.0946. The number of rotatable bonds is 6. The van der Waals surface area contributed by atoms with Gasteiger partial charge in [0, 0.05) is 31.4 Å². The third kappa shape index (κ3) is 4.90. The molecule has 1 atom stereocenters. The number of aromatic nitrogens is 1. The molecule has 1 amide bonds. The molecular weight excluding hydrogens is 316 g/mol. The highest BCUT2D eigenvalue weighted by molar-refractivity contribution is 7.88. The molecule has 0 radical (unpaired) electrons. The van der Waals surface area contributed by atoms with Crippen LogP contribution in [0.25, 0.3) is 0 Å². The predicted molar refractivity (Wildman–Crippen MR) is 89.9 cm³/mol. The van der Waals surface area contributed by atoms with Gasteiger partial charge in [-0.25, -0.2) is 13.4 Å². The molecule has 0 aliphatic carbocycles. The molecule has 0 aromatic carbocycles. The number of carbonyl (C=O) groups excluding carboxylic acids is 1. The van der Waals surface area contributed by atoms with Gasteiger partial charge in [0.15, 0.2) is 0 Å². The van der Waals surface area contributed by atoms with E-state index in [1.807, 2.05) is 13.8 Å². The van der Waals surface area contributed by atoms with E-state index >= 15 is 0 Å². The van der Waals surface area contributed by atoms with Crippen molar-refractivity contribution in [3.8, 4) is 0 Å². The number of hydrogen-bond donors (Lipinski definition) is 2. The summed E-state index contributed by atoms with van der Waals surface area (Å²) in [4.78, 5) is 16.3. The fraction of sp³-hybridized carbons (Fsp3) is 0.600. The van der Waals surface area contributed by atoms with Gasteiger partial charge in [0.05, 0.1) is 11.8 Å². The molecule has 1 aliphatic heterocycles. The first kappa shape index (κ1) is 17.7. The maximum atomic E-state index is 12.2. The summed E-state index contributed by atoms with van der Waals surface area (Å²) in [5.74, 6) is 0.476. The van der Waals surface area contributed by atoms with Crippen LogP contribution in [0.15, 0.2) is 18.3 Å². The molecule has 0 spiro atoms. The molecule has 128 valence electrons. The Morgan fingerprint density at radius 3 is 2.74 bits per heavy atom. The van der Waals surface area contributed by atoms with Crippen molar-refractivity contribution in [3.63, 3.8) is 0 Å². The van der Waals surface area contributed by atoms with Crippen molar-refractivity contribution in [3.05, 3.63) is 23.9 Å². The van der Waals surface area contributed by atoms with Gasteiger partial charge < -0.3 is 10.6 Å². The fourth-order valence-corrected chi connectivity index (χ4v) is 3.85. The van der Waals surface area contributed by atoms with Crippen molar-refractivity contribution in [2.75, 3.05) is 24.7 Å². The maximum absolute atomic E-state index is 12.2. The quantitative estimate of drug-likeness (QED) is 0.808. The maximum Gasteiger partial charge on any atom is 0.252 e. The van der Waals surface area contributed by atoms with Gasteiger partial charge in [0.1, 0.15) is 5.82 Å². The normalized spacial score (nSPS) is 19.0. The Hall–Kier alpha value is -1.67. The minimum absolute atomic E-state index is 0.163. The van der Waals surface area contributed by atoms with Crippen LogP contribution in [0.1, 0.15) is 37.0 Å². The van der Waals surface area contributed by atoms with Crippen LogP contribution in [0.2, 0.25) is 0 Å². The number of carbonyl (C=O) groups is 1. The summed E-state index contributed by atoms with van der Waals surface area (Å²) in [5, 5.41) is 5.95. The molecule has 2 rings (SSSR count). The van der Waals surface area contributed by atoms with Crippen LogP contribution >= 0.6 is 0 Å². The summed E-state index contributed by atoms with van der Waals surface area (Å²) in [7, 11) is -3.22. The van der Waals surface area contributed by atoms with Crippen molar-refractivity contribution < 1.29 is 13.2 Å². The molecule has 1 aromatic rings. The molecular formula is C15H24N4O3S. The first-order valence-corrected chi connectivity index (χ1v) is 9.60. The van der Waals surface area contributed by atoms with Gasteiger partial charge in [-0.15, -0.1) is 0 Å². The summed E-state index contributed by atoms with van der Waals surface area (Å²) in [6, 6.07) is 3.57. The summed E-state index contributed by atoms with van der Waals surface area (Å²) >= 11 is 0. The fourth-order valence-electron chi connectivity index (χ4n) is 2.67. The van der Waals surface area contributed by atoms with Gasteiger partial charge in [-0.05, 0) is 38.8 Å². The van der Waals surface area contributed by atoms with E-state index in [4.69, 9.17) is 0 Å². The third-order valence-corrected chi connectivity index (χ3v) is 5.04. The van der Waals surface area contributed by atoms with Gasteiger partial charge >= 0.3 is 0 Å². The minimum Gasteiger partial charge on any atom is -0.368 e. The molecule has 2 heterocycles. The van der Waals surface area contributed by atoms with Gasteiger partial charge in [-0.2, -0.15) is 4.31 Å². The molecule has 8 heteroatoms. The zero-order valence-corrected chi connectivity index (χ0v) is 14.6. The first-order chi connectivity index (χ1) is 10.8. The number of amides is 1. The van der Waals surface area contributed by atoms with Gasteiger partial charge in [-0.1, -0.05) is 0 Å². The molecule has 2 N–H and O–H groups in total. The Balaban J connectivity index is 1.92. The van der Waals surface area contributed by atoms with Crippen molar-refractivity contribution in [1.82, 2.24) is 14.6 Å². The molecule has 0 saturated carbocycles. The van der Waals surface area contributed by atoms with E-state index in [1.54, 1.807) is 12.1 Å². The summed E-state index contributed by atoms with van der Waals surface area (Å²) in [5.41, 5.74) is 0.461. The van der Waals surface area contributed by atoms with Gasteiger partial charge in [0.2, 0.25) is 10.0 Å². The van der Waals surface area contributed by atoms with Crippen LogP contribution in [-0.2, 0) is 10.0 Å². The van der Waals surface area contributed by atoms with E-state index < -0.39 is 10.0 Å². The predicted octanol–water partition coefficient (Wildman–Crippen LogP) is 1.06. The Labute approximate surface area is 137 Å². The van der Waals surface area contributed by atoms with Crippen LogP contribution in [0, 0.1) is 0 Å². The molecule has 0 bridgehead atoms. The lowest BCUT2D eigenvalue weighted by Crippen LogP contribution is -2.42. The van der Waals surface area contributed by atoms with Crippen molar-refractivity contribution >= 4 is 21.7 Å². The van der Waals surface area contributed by atoms with E-state index in [2.05, 4.69) is 15.6 Å². The Morgan fingerprint density at radius 2 is 2.17 bits per heavy atom. The van der Waals surface area contributed by atoms with E-state index in [0.29, 0.717) is 18.7 Å². The lowest BCUT2D eigenvalue weighted by atomic mass is 10.2. The zero-order valence-electron chi connectivity index (χ0n) is 13.7. The van der Waals surface area contributed by atoms with Crippen LogP contribution in [0.3, 0.4) is 0 Å². The number of sulfonamides is 1. The molecule has 7 nitrogen and oxygen atoms in total. The SMILES string of the molecule is CC(C)Nc1ccc(C(=O)NC[C@H]2CCCN2S(C)(=O)=O)cn1. The summed E-state index contributed by atoms with van der Waals surface area (Å²) in [6.45, 7) is 4.86. The molecule has 1 saturated heterocycles. The highest BCUT2D eigenvalue weighted by atomic mass is 32.2. The smallest absolute Gasteiger partial charge is 0.252 e. The molecule has 1 aromatic heterocycles. The van der Waals surface area contributed by atoms with E-state index in [1.165, 1.54) is 16.8 Å². The summed E-state index contributed by atoms with van der Waals surface area (Å²) in [6.07, 6.45) is 4.31. The average molecular weight is 340 g/mol. The van der Waals surface area contributed by atoms with Crippen LogP contribution in [0.5, 0.6) is 0 Å². The molecule has 1 aliphatic rings. The van der Waals surface area contributed by atoms with Crippen LogP contribution in [-0.4, -0.2) is 55.0 Å². The Morgan fingerprint density at radius 1 is 1.43 bits per heavy atom. The Bertz CT molecular complexity index is 643. The van der Waals surface area contributed by atoms with E-state index in [0.717, 1.165) is 18.7 Å². The number of nitrogens with one attached hydrogen (secondary N) is 2. The topological polar surface area (TPSA) is 91.4 Å². The van der Waals surface area contributed by atoms with Crippen molar-refractivity contribution in [2.45, 2.75) is 38.8 Å². The zero-order chi connectivity index (χ0) is 17.0. The second-order valence-corrected chi connectivity index (χ2v) is 8.05. The summed E-state index contributed by atoms with van der Waals surface area (Å²) < 4.78 is 24.8. The number of anilines is 1. The number of pyridine rings is 1. The lowest BCUT2D eigenvalue weighted by Gasteiger charge is -2.22. The van der Waals surface area contributed by atoms with Crippen LogP contribution < -0.4 is 10.6 Å².